The smallest absolute Gasteiger partial charge is 0.0801 e. The minimum atomic E-state index is -0.178. The second-order valence-corrected chi connectivity index (χ2v) is 2.75. The Morgan fingerprint density at radius 3 is 2.73 bits per heavy atom. The molecule has 11 heavy (non-hydrogen) atoms. The lowest BCUT2D eigenvalue weighted by Crippen LogP contribution is -2.06. The summed E-state index contributed by atoms with van der Waals surface area (Å²) < 4.78 is 0. The molecule has 0 saturated heterocycles. The first-order chi connectivity index (χ1) is 5.38. The zero-order valence-corrected chi connectivity index (χ0v) is 6.33. The van der Waals surface area contributed by atoms with E-state index in [4.69, 9.17) is 10.5 Å². The van der Waals surface area contributed by atoms with E-state index in [9.17, 15) is 0 Å². The number of hydrogen-bond donors (Lipinski definition) is 0. The quantitative estimate of drug-likeness (QED) is 0.491. The van der Waals surface area contributed by atoms with Crippen LogP contribution in [0.4, 0.5) is 0 Å². The molecule has 2 heteroatoms. The largest absolute Gasteiger partial charge is 0.198 e. The lowest BCUT2D eigenvalue weighted by Gasteiger charge is -2.06. The van der Waals surface area contributed by atoms with Gasteiger partial charge in [-0.1, -0.05) is 12.2 Å². The maximum atomic E-state index is 8.68. The van der Waals surface area contributed by atoms with Gasteiger partial charge in [0.25, 0.3) is 0 Å². The topological polar surface area (TPSA) is 47.6 Å². The molecule has 0 spiro atoms. The normalized spacial score (nSPS) is 30.0. The van der Waals surface area contributed by atoms with E-state index in [0.717, 1.165) is 19.3 Å². The van der Waals surface area contributed by atoms with Crippen molar-refractivity contribution in [3.63, 3.8) is 0 Å². The number of rotatable bonds is 0. The molecule has 2 nitrogen and oxygen atoms in total. The number of allylic oxidation sites excluding steroid dienone is 2. The van der Waals surface area contributed by atoms with Gasteiger partial charge < -0.3 is 0 Å². The molecule has 0 aromatic carbocycles. The molecule has 0 radical (unpaired) electrons. The fourth-order valence-electron chi connectivity index (χ4n) is 1.29. The Morgan fingerprint density at radius 2 is 2.09 bits per heavy atom. The van der Waals surface area contributed by atoms with Gasteiger partial charge in [-0.25, -0.2) is 0 Å². The van der Waals surface area contributed by atoms with Crippen molar-refractivity contribution in [1.29, 1.82) is 10.5 Å². The van der Waals surface area contributed by atoms with E-state index in [-0.39, 0.29) is 11.8 Å². The van der Waals surface area contributed by atoms with Crippen LogP contribution in [0, 0.1) is 34.5 Å². The highest BCUT2D eigenvalue weighted by atomic mass is 14.3. The van der Waals surface area contributed by atoms with Crippen LogP contribution in [0.5, 0.6) is 0 Å². The van der Waals surface area contributed by atoms with Gasteiger partial charge in [0.2, 0.25) is 0 Å². The Kier molecular flexibility index (Phi) is 2.69. The van der Waals surface area contributed by atoms with Crippen LogP contribution in [0.2, 0.25) is 0 Å². The van der Waals surface area contributed by atoms with Crippen LogP contribution in [0.15, 0.2) is 12.2 Å². The van der Waals surface area contributed by atoms with E-state index < -0.39 is 0 Å². The molecule has 0 amide bonds. The van der Waals surface area contributed by atoms with Gasteiger partial charge in [-0.05, 0) is 19.3 Å². The fraction of sp³-hybridized carbons (Fsp3) is 0.556. The van der Waals surface area contributed by atoms with Crippen molar-refractivity contribution in [3.8, 4) is 12.1 Å². The SMILES string of the molecule is N#CC1C=CCCCC1C#N. The summed E-state index contributed by atoms with van der Waals surface area (Å²) in [5.74, 6) is -0.263. The molecular formula is C9H10N2. The zero-order valence-electron chi connectivity index (χ0n) is 6.33. The highest BCUT2D eigenvalue weighted by Gasteiger charge is 2.19. The molecule has 1 aliphatic carbocycles. The van der Waals surface area contributed by atoms with Gasteiger partial charge in [-0.2, -0.15) is 10.5 Å². The van der Waals surface area contributed by atoms with E-state index in [1.54, 1.807) is 0 Å². The van der Waals surface area contributed by atoms with E-state index in [0.29, 0.717) is 0 Å². The molecule has 0 aromatic heterocycles. The van der Waals surface area contributed by atoms with Crippen molar-refractivity contribution in [1.82, 2.24) is 0 Å². The molecule has 0 saturated carbocycles. The van der Waals surface area contributed by atoms with Crippen molar-refractivity contribution in [3.05, 3.63) is 12.2 Å². The second-order valence-electron chi connectivity index (χ2n) is 2.75. The fourth-order valence-corrected chi connectivity index (χ4v) is 1.29. The van der Waals surface area contributed by atoms with Gasteiger partial charge in [0.05, 0.1) is 24.0 Å². The molecule has 1 aliphatic rings. The molecule has 1 rings (SSSR count). The van der Waals surface area contributed by atoms with Gasteiger partial charge in [0, 0.05) is 0 Å². The van der Waals surface area contributed by atoms with Crippen LogP contribution in [0.3, 0.4) is 0 Å². The lowest BCUT2D eigenvalue weighted by molar-refractivity contribution is 0.530. The average Bonchev–Trinajstić information content (AvgIpc) is 2.27. The van der Waals surface area contributed by atoms with Crippen LogP contribution < -0.4 is 0 Å². The molecule has 0 aromatic rings. The van der Waals surface area contributed by atoms with Crippen LogP contribution in [-0.2, 0) is 0 Å². The number of nitrogens with zero attached hydrogens (tertiary/aromatic N) is 2. The average molecular weight is 146 g/mol. The Hall–Kier alpha value is -1.28. The number of hydrogen-bond acceptors (Lipinski definition) is 2. The predicted molar refractivity (Wildman–Crippen MR) is 41.2 cm³/mol. The summed E-state index contributed by atoms with van der Waals surface area (Å²) in [5.41, 5.74) is 0. The minimum absolute atomic E-state index is 0.0845. The Labute approximate surface area is 66.7 Å². The summed E-state index contributed by atoms with van der Waals surface area (Å²) in [7, 11) is 0. The lowest BCUT2D eigenvalue weighted by atomic mass is 9.92. The summed E-state index contributed by atoms with van der Waals surface area (Å²) in [5, 5.41) is 17.3. The minimum Gasteiger partial charge on any atom is -0.198 e. The second kappa shape index (κ2) is 3.78. The maximum absolute atomic E-state index is 8.68. The Bertz CT molecular complexity index is 229. The maximum Gasteiger partial charge on any atom is 0.0801 e. The molecular weight excluding hydrogens is 136 g/mol. The van der Waals surface area contributed by atoms with E-state index >= 15 is 0 Å². The first-order valence-electron chi connectivity index (χ1n) is 3.84. The molecule has 0 bridgehead atoms. The van der Waals surface area contributed by atoms with Crippen LogP contribution in [-0.4, -0.2) is 0 Å². The zero-order chi connectivity index (χ0) is 8.10. The summed E-state index contributed by atoms with van der Waals surface area (Å²) >= 11 is 0. The van der Waals surface area contributed by atoms with E-state index in [1.807, 2.05) is 12.2 Å². The van der Waals surface area contributed by atoms with Crippen LogP contribution >= 0.6 is 0 Å². The van der Waals surface area contributed by atoms with Crippen LogP contribution in [0.1, 0.15) is 19.3 Å². The van der Waals surface area contributed by atoms with Gasteiger partial charge in [-0.15, -0.1) is 0 Å². The molecule has 2 unspecified atom stereocenters. The third-order valence-electron chi connectivity index (χ3n) is 1.98. The van der Waals surface area contributed by atoms with Gasteiger partial charge in [0.15, 0.2) is 0 Å². The van der Waals surface area contributed by atoms with Crippen molar-refractivity contribution in [2.75, 3.05) is 0 Å². The van der Waals surface area contributed by atoms with Crippen molar-refractivity contribution in [2.45, 2.75) is 19.3 Å². The summed E-state index contributed by atoms with van der Waals surface area (Å²) in [6, 6.07) is 4.31. The molecule has 56 valence electrons. The third-order valence-corrected chi connectivity index (χ3v) is 1.98. The van der Waals surface area contributed by atoms with Crippen molar-refractivity contribution < 1.29 is 0 Å². The first-order valence-corrected chi connectivity index (χ1v) is 3.84. The first kappa shape index (κ1) is 7.82. The molecule has 0 heterocycles. The summed E-state index contributed by atoms with van der Waals surface area (Å²) in [6.07, 6.45) is 6.77. The van der Waals surface area contributed by atoms with E-state index in [1.165, 1.54) is 0 Å². The molecule has 0 fully saturated rings. The van der Waals surface area contributed by atoms with Crippen molar-refractivity contribution in [2.24, 2.45) is 11.8 Å². The van der Waals surface area contributed by atoms with Crippen molar-refractivity contribution >= 4 is 0 Å². The highest BCUT2D eigenvalue weighted by Crippen LogP contribution is 2.22. The van der Waals surface area contributed by atoms with Gasteiger partial charge in [0.1, 0.15) is 0 Å². The summed E-state index contributed by atoms with van der Waals surface area (Å²) in [4.78, 5) is 0. The standard InChI is InChI=1S/C9H10N2/c10-6-8-4-2-1-3-5-9(8)7-11/h2,4,8-9H,1,3,5H2. The summed E-state index contributed by atoms with van der Waals surface area (Å²) in [6.45, 7) is 0. The predicted octanol–water partition coefficient (Wildman–Crippen LogP) is 2.01. The van der Waals surface area contributed by atoms with Crippen LogP contribution in [0.25, 0.3) is 0 Å². The Balaban J connectivity index is 2.70. The molecule has 0 N–H and O–H groups in total. The van der Waals surface area contributed by atoms with Gasteiger partial charge in [-0.3, -0.25) is 0 Å². The van der Waals surface area contributed by atoms with Gasteiger partial charge >= 0.3 is 0 Å². The molecule has 2 atom stereocenters. The molecule has 0 aliphatic heterocycles. The Morgan fingerprint density at radius 1 is 1.27 bits per heavy atom. The monoisotopic (exact) mass is 146 g/mol. The number of nitriles is 2. The van der Waals surface area contributed by atoms with E-state index in [2.05, 4.69) is 12.1 Å². The highest BCUT2D eigenvalue weighted by molar-refractivity contribution is 5.10. The third kappa shape index (κ3) is 1.82.